The van der Waals surface area contributed by atoms with E-state index in [0.717, 1.165) is 50.7 Å². The van der Waals surface area contributed by atoms with Crippen LogP contribution >= 0.6 is 0 Å². The zero-order valence-electron chi connectivity index (χ0n) is 16.9. The van der Waals surface area contributed by atoms with Crippen LogP contribution in [0.3, 0.4) is 0 Å². The molecule has 3 heterocycles. The second-order valence-electron chi connectivity index (χ2n) is 7.58. The lowest BCUT2D eigenvalue weighted by Crippen LogP contribution is -2.36. The van der Waals surface area contributed by atoms with E-state index in [1.165, 1.54) is 18.6 Å². The van der Waals surface area contributed by atoms with Gasteiger partial charge in [-0.25, -0.2) is 4.98 Å². The molecular formula is C20H26F3N5O. The van der Waals surface area contributed by atoms with Gasteiger partial charge in [0.2, 0.25) is 0 Å². The summed E-state index contributed by atoms with van der Waals surface area (Å²) in [6.07, 6.45) is -0.0644. The SMILES string of the molecule is Cc1nc(C(F)(F)F)ccc1C(=O)NC1CCCN(Cc2cnn(C)c2C)CC1. The van der Waals surface area contributed by atoms with Crippen molar-refractivity contribution in [2.75, 3.05) is 13.1 Å². The molecule has 1 saturated heterocycles. The van der Waals surface area contributed by atoms with Crippen molar-refractivity contribution in [1.29, 1.82) is 0 Å². The summed E-state index contributed by atoms with van der Waals surface area (Å²) < 4.78 is 40.2. The topological polar surface area (TPSA) is 63.1 Å². The van der Waals surface area contributed by atoms with E-state index in [1.807, 2.05) is 24.9 Å². The maximum Gasteiger partial charge on any atom is 0.433 e. The Morgan fingerprint density at radius 3 is 2.62 bits per heavy atom. The summed E-state index contributed by atoms with van der Waals surface area (Å²) in [6, 6.07) is 2.05. The number of nitrogens with one attached hydrogen (secondary N) is 1. The molecule has 3 rings (SSSR count). The Labute approximate surface area is 168 Å². The van der Waals surface area contributed by atoms with Crippen LogP contribution in [-0.4, -0.2) is 44.7 Å². The number of nitrogens with zero attached hydrogens (tertiary/aromatic N) is 4. The Kier molecular flexibility index (Phi) is 6.26. The monoisotopic (exact) mass is 409 g/mol. The van der Waals surface area contributed by atoms with Crippen molar-refractivity contribution < 1.29 is 18.0 Å². The van der Waals surface area contributed by atoms with Crippen LogP contribution in [0.1, 0.15) is 52.3 Å². The number of amides is 1. The second-order valence-corrected chi connectivity index (χ2v) is 7.58. The molecule has 0 saturated carbocycles. The number of rotatable bonds is 4. The van der Waals surface area contributed by atoms with Gasteiger partial charge in [-0.3, -0.25) is 14.4 Å². The zero-order chi connectivity index (χ0) is 21.2. The van der Waals surface area contributed by atoms with Crippen LogP contribution in [0.2, 0.25) is 0 Å². The molecule has 0 aromatic carbocycles. The first-order valence-electron chi connectivity index (χ1n) is 9.70. The van der Waals surface area contributed by atoms with E-state index in [4.69, 9.17) is 0 Å². The lowest BCUT2D eigenvalue weighted by molar-refractivity contribution is -0.141. The number of aromatic nitrogens is 3. The van der Waals surface area contributed by atoms with E-state index in [-0.39, 0.29) is 23.2 Å². The summed E-state index contributed by atoms with van der Waals surface area (Å²) >= 11 is 0. The molecule has 1 amide bonds. The summed E-state index contributed by atoms with van der Waals surface area (Å²) in [5.74, 6) is -0.370. The van der Waals surface area contributed by atoms with Crippen LogP contribution in [-0.2, 0) is 19.8 Å². The van der Waals surface area contributed by atoms with E-state index in [9.17, 15) is 18.0 Å². The van der Waals surface area contributed by atoms with Crippen molar-refractivity contribution in [1.82, 2.24) is 25.0 Å². The molecule has 1 unspecified atom stereocenters. The summed E-state index contributed by atoms with van der Waals surface area (Å²) in [6.45, 7) is 6.06. The van der Waals surface area contributed by atoms with Gasteiger partial charge in [-0.2, -0.15) is 18.3 Å². The highest BCUT2D eigenvalue weighted by Crippen LogP contribution is 2.28. The first kappa shape index (κ1) is 21.3. The number of halogens is 3. The van der Waals surface area contributed by atoms with Crippen molar-refractivity contribution >= 4 is 5.91 Å². The van der Waals surface area contributed by atoms with Gasteiger partial charge >= 0.3 is 6.18 Å². The highest BCUT2D eigenvalue weighted by Gasteiger charge is 2.33. The number of pyridine rings is 1. The Morgan fingerprint density at radius 1 is 1.24 bits per heavy atom. The molecule has 29 heavy (non-hydrogen) atoms. The van der Waals surface area contributed by atoms with Crippen LogP contribution in [0.25, 0.3) is 0 Å². The van der Waals surface area contributed by atoms with E-state index in [0.29, 0.717) is 0 Å². The largest absolute Gasteiger partial charge is 0.433 e. The molecule has 1 fully saturated rings. The normalized spacial score (nSPS) is 18.5. The maximum atomic E-state index is 12.8. The van der Waals surface area contributed by atoms with Crippen LogP contribution in [0.5, 0.6) is 0 Å². The standard InChI is InChI=1S/C20H26F3N5O/c1-13-17(6-7-18(25-13)20(21,22)23)19(29)26-16-5-4-9-28(10-8-16)12-15-11-24-27(3)14(15)2/h6-7,11,16H,4-5,8-10,12H2,1-3H3,(H,26,29). The quantitative estimate of drug-likeness (QED) is 0.842. The number of aryl methyl sites for hydroxylation is 2. The van der Waals surface area contributed by atoms with Gasteiger partial charge < -0.3 is 5.32 Å². The Morgan fingerprint density at radius 2 is 2.00 bits per heavy atom. The van der Waals surface area contributed by atoms with Crippen molar-refractivity contribution in [3.63, 3.8) is 0 Å². The summed E-state index contributed by atoms with van der Waals surface area (Å²) in [5, 5.41) is 7.25. The lowest BCUT2D eigenvalue weighted by atomic mass is 10.1. The van der Waals surface area contributed by atoms with E-state index in [1.54, 1.807) is 0 Å². The molecule has 0 aliphatic carbocycles. The second kappa shape index (κ2) is 8.52. The van der Waals surface area contributed by atoms with Crippen molar-refractivity contribution in [2.24, 2.45) is 7.05 Å². The molecule has 0 bridgehead atoms. The van der Waals surface area contributed by atoms with Gasteiger partial charge in [0.25, 0.3) is 5.91 Å². The van der Waals surface area contributed by atoms with Crippen LogP contribution in [0.15, 0.2) is 18.3 Å². The number of alkyl halides is 3. The van der Waals surface area contributed by atoms with Gasteiger partial charge in [-0.15, -0.1) is 0 Å². The minimum absolute atomic E-state index is 0.0100. The fourth-order valence-electron chi connectivity index (χ4n) is 3.62. The fourth-order valence-corrected chi connectivity index (χ4v) is 3.62. The molecule has 1 N–H and O–H groups in total. The first-order chi connectivity index (χ1) is 13.6. The molecule has 1 aliphatic heterocycles. The molecule has 2 aromatic rings. The minimum Gasteiger partial charge on any atom is -0.349 e. The predicted octanol–water partition coefficient (Wildman–Crippen LogP) is 3.24. The molecule has 158 valence electrons. The highest BCUT2D eigenvalue weighted by molar-refractivity contribution is 5.95. The fraction of sp³-hybridized carbons (Fsp3) is 0.550. The lowest BCUT2D eigenvalue weighted by Gasteiger charge is -2.20. The third-order valence-corrected chi connectivity index (χ3v) is 5.51. The number of likely N-dealkylation sites (tertiary alicyclic amines) is 1. The zero-order valence-corrected chi connectivity index (χ0v) is 16.9. The molecule has 6 nitrogen and oxygen atoms in total. The first-order valence-corrected chi connectivity index (χ1v) is 9.70. The van der Waals surface area contributed by atoms with E-state index >= 15 is 0 Å². The van der Waals surface area contributed by atoms with E-state index in [2.05, 4.69) is 20.3 Å². The van der Waals surface area contributed by atoms with E-state index < -0.39 is 11.9 Å². The van der Waals surface area contributed by atoms with Gasteiger partial charge in [0.05, 0.1) is 17.5 Å². The van der Waals surface area contributed by atoms with Gasteiger partial charge in [-0.1, -0.05) is 0 Å². The molecule has 2 aromatic heterocycles. The molecule has 0 radical (unpaired) electrons. The Balaban J connectivity index is 1.58. The number of hydrogen-bond donors (Lipinski definition) is 1. The maximum absolute atomic E-state index is 12.8. The van der Waals surface area contributed by atoms with Gasteiger partial charge in [0, 0.05) is 37.4 Å². The van der Waals surface area contributed by atoms with Gasteiger partial charge in [0.1, 0.15) is 5.69 Å². The van der Waals surface area contributed by atoms with Gasteiger partial charge in [-0.05, 0) is 51.8 Å². The van der Waals surface area contributed by atoms with Gasteiger partial charge in [0.15, 0.2) is 0 Å². The Bertz CT molecular complexity index is 877. The molecule has 0 spiro atoms. The van der Waals surface area contributed by atoms with Crippen LogP contribution in [0.4, 0.5) is 13.2 Å². The van der Waals surface area contributed by atoms with Crippen molar-refractivity contribution in [3.8, 4) is 0 Å². The summed E-state index contributed by atoms with van der Waals surface area (Å²) in [4.78, 5) is 18.5. The highest BCUT2D eigenvalue weighted by atomic mass is 19.4. The average Bonchev–Trinajstić information content (AvgIpc) is 2.83. The van der Waals surface area contributed by atoms with Crippen molar-refractivity contribution in [2.45, 2.75) is 51.9 Å². The molecule has 1 atom stereocenters. The number of carbonyl (C=O) groups is 1. The van der Waals surface area contributed by atoms with Crippen LogP contribution in [0, 0.1) is 13.8 Å². The smallest absolute Gasteiger partial charge is 0.349 e. The molecular weight excluding hydrogens is 383 g/mol. The van der Waals surface area contributed by atoms with Crippen LogP contribution < -0.4 is 5.32 Å². The Hall–Kier alpha value is -2.42. The summed E-state index contributed by atoms with van der Waals surface area (Å²) in [5.41, 5.74) is 1.62. The minimum atomic E-state index is -4.52. The van der Waals surface area contributed by atoms with Crippen molar-refractivity contribution in [3.05, 3.63) is 46.5 Å². The predicted molar refractivity (Wildman–Crippen MR) is 102 cm³/mol. The number of hydrogen-bond acceptors (Lipinski definition) is 4. The third-order valence-electron chi connectivity index (χ3n) is 5.51. The third kappa shape index (κ3) is 5.14. The summed E-state index contributed by atoms with van der Waals surface area (Å²) in [7, 11) is 1.92. The average molecular weight is 409 g/mol. The number of carbonyl (C=O) groups excluding carboxylic acids is 1. The molecule has 1 aliphatic rings. The molecule has 9 heteroatoms.